The summed E-state index contributed by atoms with van der Waals surface area (Å²) in [5.41, 5.74) is 3.71. The Morgan fingerprint density at radius 1 is 0.667 bits per heavy atom. The molecule has 0 unspecified atom stereocenters. The molecule has 186 valence electrons. The number of ether oxygens (including phenoxy) is 5. The lowest BCUT2D eigenvalue weighted by Crippen LogP contribution is -2.05. The van der Waals surface area contributed by atoms with Gasteiger partial charge >= 0.3 is 0 Å². The van der Waals surface area contributed by atoms with Crippen LogP contribution in [0, 0.1) is 0 Å². The summed E-state index contributed by atoms with van der Waals surface area (Å²) in [6, 6.07) is 23.4. The van der Waals surface area contributed by atoms with Gasteiger partial charge in [-0.3, -0.25) is 0 Å². The second-order valence-electron chi connectivity index (χ2n) is 7.92. The number of benzene rings is 4. The van der Waals surface area contributed by atoms with Crippen LogP contribution in [0.2, 0.25) is 0 Å². The van der Waals surface area contributed by atoms with Crippen LogP contribution in [-0.4, -0.2) is 38.3 Å². The lowest BCUT2D eigenvalue weighted by atomic mass is 9.96. The molecule has 0 fully saturated rings. The minimum absolute atomic E-state index is 0.0234. The van der Waals surface area contributed by atoms with Crippen molar-refractivity contribution in [1.29, 1.82) is 0 Å². The molecule has 0 amide bonds. The molecule has 0 heterocycles. The number of hydrogen-bond donors (Lipinski definition) is 2. The maximum atomic E-state index is 10.8. The Balaban J connectivity index is 1.79. The van der Waals surface area contributed by atoms with E-state index in [0.717, 1.165) is 11.1 Å². The third-order valence-electron chi connectivity index (χ3n) is 5.61. The molecular weight excluding hydrogens is 460 g/mol. The van der Waals surface area contributed by atoms with Crippen molar-refractivity contribution in [2.75, 3.05) is 28.1 Å². The lowest BCUT2D eigenvalue weighted by molar-refractivity contribution is 0.0495. The SMILES string of the molecule is COCOc1c(OC)c(-c2ccc(O)cc2)cc(OC)c1-c1ccc(OCc2ccccc2)c(O)c1. The van der Waals surface area contributed by atoms with Gasteiger partial charge in [0.1, 0.15) is 18.1 Å². The molecule has 4 aromatic carbocycles. The first kappa shape index (κ1) is 24.8. The van der Waals surface area contributed by atoms with Gasteiger partial charge in [-0.15, -0.1) is 0 Å². The van der Waals surface area contributed by atoms with Crippen molar-refractivity contribution in [2.45, 2.75) is 6.61 Å². The van der Waals surface area contributed by atoms with E-state index in [2.05, 4.69) is 0 Å². The molecule has 0 atom stereocenters. The van der Waals surface area contributed by atoms with E-state index in [9.17, 15) is 10.2 Å². The van der Waals surface area contributed by atoms with E-state index < -0.39 is 0 Å². The Bertz CT molecular complexity index is 1300. The molecule has 2 N–H and O–H groups in total. The monoisotopic (exact) mass is 488 g/mol. The molecule has 0 bridgehead atoms. The average molecular weight is 489 g/mol. The molecule has 0 saturated heterocycles. The summed E-state index contributed by atoms with van der Waals surface area (Å²) in [7, 11) is 4.63. The highest BCUT2D eigenvalue weighted by atomic mass is 16.7. The van der Waals surface area contributed by atoms with Crippen molar-refractivity contribution in [1.82, 2.24) is 0 Å². The predicted octanol–water partition coefficient (Wildman–Crippen LogP) is 6.01. The van der Waals surface area contributed by atoms with Crippen LogP contribution in [0.25, 0.3) is 22.3 Å². The Kier molecular flexibility index (Phi) is 7.82. The molecule has 36 heavy (non-hydrogen) atoms. The van der Waals surface area contributed by atoms with Crippen molar-refractivity contribution in [2.24, 2.45) is 0 Å². The van der Waals surface area contributed by atoms with E-state index in [1.165, 1.54) is 7.11 Å². The minimum atomic E-state index is -0.0319. The molecule has 0 radical (unpaired) electrons. The number of aromatic hydroxyl groups is 2. The molecule has 4 aromatic rings. The second kappa shape index (κ2) is 11.4. The Labute approximate surface area is 210 Å². The van der Waals surface area contributed by atoms with Gasteiger partial charge in [0.15, 0.2) is 29.8 Å². The van der Waals surface area contributed by atoms with Crippen LogP contribution >= 0.6 is 0 Å². The molecule has 0 saturated carbocycles. The number of phenolic OH excluding ortho intramolecular Hbond substituents is 2. The van der Waals surface area contributed by atoms with E-state index in [1.807, 2.05) is 42.5 Å². The van der Waals surface area contributed by atoms with E-state index in [1.54, 1.807) is 50.6 Å². The van der Waals surface area contributed by atoms with Gasteiger partial charge in [0, 0.05) is 12.7 Å². The van der Waals surface area contributed by atoms with Gasteiger partial charge in [0.05, 0.1) is 19.8 Å². The Morgan fingerprint density at radius 3 is 2.03 bits per heavy atom. The first-order chi connectivity index (χ1) is 17.5. The zero-order valence-electron chi connectivity index (χ0n) is 20.4. The molecule has 7 heteroatoms. The van der Waals surface area contributed by atoms with Crippen LogP contribution in [0.5, 0.6) is 34.5 Å². The van der Waals surface area contributed by atoms with E-state index in [0.29, 0.717) is 46.3 Å². The van der Waals surface area contributed by atoms with Gasteiger partial charge in [-0.2, -0.15) is 0 Å². The van der Waals surface area contributed by atoms with Crippen molar-refractivity contribution < 1.29 is 33.9 Å². The van der Waals surface area contributed by atoms with Gasteiger partial charge in [0.25, 0.3) is 0 Å². The third-order valence-corrected chi connectivity index (χ3v) is 5.61. The molecule has 0 aromatic heterocycles. The maximum absolute atomic E-state index is 10.8. The summed E-state index contributed by atoms with van der Waals surface area (Å²) < 4.78 is 28.5. The minimum Gasteiger partial charge on any atom is -0.508 e. The first-order valence-electron chi connectivity index (χ1n) is 11.3. The molecule has 0 spiro atoms. The number of rotatable bonds is 10. The van der Waals surface area contributed by atoms with Crippen LogP contribution in [-0.2, 0) is 11.3 Å². The Morgan fingerprint density at radius 2 is 1.39 bits per heavy atom. The fourth-order valence-electron chi connectivity index (χ4n) is 3.89. The van der Waals surface area contributed by atoms with Crippen LogP contribution in [0.4, 0.5) is 0 Å². The van der Waals surface area contributed by atoms with Gasteiger partial charge < -0.3 is 33.9 Å². The largest absolute Gasteiger partial charge is 0.508 e. The average Bonchev–Trinajstić information content (AvgIpc) is 2.91. The zero-order chi connectivity index (χ0) is 25.5. The van der Waals surface area contributed by atoms with E-state index in [4.69, 9.17) is 23.7 Å². The first-order valence-corrected chi connectivity index (χ1v) is 11.3. The summed E-state index contributed by atoms with van der Waals surface area (Å²) in [5, 5.41) is 20.5. The van der Waals surface area contributed by atoms with Crippen molar-refractivity contribution >= 4 is 0 Å². The normalized spacial score (nSPS) is 10.6. The van der Waals surface area contributed by atoms with Crippen LogP contribution in [0.15, 0.2) is 78.9 Å². The molecule has 4 rings (SSSR count). The van der Waals surface area contributed by atoms with Crippen molar-refractivity contribution in [3.8, 4) is 56.8 Å². The van der Waals surface area contributed by atoms with E-state index >= 15 is 0 Å². The molecular formula is C29H28O7. The van der Waals surface area contributed by atoms with E-state index in [-0.39, 0.29) is 18.3 Å². The standard InChI is InChI=1S/C29H28O7/c1-32-18-36-29-27(21-11-14-25(24(31)15-21)35-17-19-7-5-4-6-8-19)26(33-2)16-23(28(29)34-3)20-9-12-22(30)13-10-20/h4-16,30-31H,17-18H2,1-3H3. The Hall–Kier alpha value is -4.36. The fraction of sp³-hybridized carbons (Fsp3) is 0.172. The van der Waals surface area contributed by atoms with Crippen molar-refractivity contribution in [3.05, 3.63) is 84.4 Å². The van der Waals surface area contributed by atoms with Gasteiger partial charge in [0.2, 0.25) is 0 Å². The summed E-state index contributed by atoms with van der Waals surface area (Å²) in [4.78, 5) is 0. The molecule has 0 aliphatic carbocycles. The topological polar surface area (TPSA) is 86.6 Å². The fourth-order valence-corrected chi connectivity index (χ4v) is 3.89. The van der Waals surface area contributed by atoms with Crippen LogP contribution in [0.3, 0.4) is 0 Å². The summed E-state index contributed by atoms with van der Waals surface area (Å²) in [6.07, 6.45) is 0. The molecule has 0 aliphatic heterocycles. The number of methoxy groups -OCH3 is 3. The maximum Gasteiger partial charge on any atom is 0.188 e. The summed E-state index contributed by atoms with van der Waals surface area (Å²) >= 11 is 0. The van der Waals surface area contributed by atoms with Crippen LogP contribution in [0.1, 0.15) is 5.56 Å². The second-order valence-corrected chi connectivity index (χ2v) is 7.92. The number of phenols is 2. The summed E-state index contributed by atoms with van der Waals surface area (Å²) in [6.45, 7) is 0.296. The van der Waals surface area contributed by atoms with Crippen molar-refractivity contribution in [3.63, 3.8) is 0 Å². The quantitative estimate of drug-likeness (QED) is 0.264. The third kappa shape index (κ3) is 5.31. The van der Waals surface area contributed by atoms with Gasteiger partial charge in [-0.05, 0) is 47.0 Å². The highest BCUT2D eigenvalue weighted by molar-refractivity contribution is 5.88. The highest BCUT2D eigenvalue weighted by Crippen LogP contribution is 2.51. The zero-order valence-corrected chi connectivity index (χ0v) is 20.4. The van der Waals surface area contributed by atoms with Gasteiger partial charge in [-0.1, -0.05) is 48.5 Å². The summed E-state index contributed by atoms with van der Waals surface area (Å²) in [5.74, 6) is 1.83. The highest BCUT2D eigenvalue weighted by Gasteiger charge is 2.24. The van der Waals surface area contributed by atoms with Crippen LogP contribution < -0.4 is 18.9 Å². The smallest absolute Gasteiger partial charge is 0.188 e. The molecule has 7 nitrogen and oxygen atoms in total. The predicted molar refractivity (Wildman–Crippen MR) is 137 cm³/mol. The number of hydrogen-bond acceptors (Lipinski definition) is 7. The molecule has 0 aliphatic rings. The lowest BCUT2D eigenvalue weighted by Gasteiger charge is -2.21. The van der Waals surface area contributed by atoms with Gasteiger partial charge in [-0.25, -0.2) is 0 Å².